The average Bonchev–Trinajstić information content (AvgIpc) is 2.47. The molecular formula is C17H21F3. The van der Waals surface area contributed by atoms with Gasteiger partial charge in [0.2, 0.25) is 0 Å². The average molecular weight is 282 g/mol. The highest BCUT2D eigenvalue weighted by Gasteiger charge is 2.22. The summed E-state index contributed by atoms with van der Waals surface area (Å²) in [6.45, 7) is 0. The summed E-state index contributed by atoms with van der Waals surface area (Å²) in [6.07, 6.45) is 9.47. The summed E-state index contributed by atoms with van der Waals surface area (Å²) in [5.41, 5.74) is 0.919. The zero-order chi connectivity index (χ0) is 14.4. The Kier molecular flexibility index (Phi) is 5.69. The fourth-order valence-corrected chi connectivity index (χ4v) is 3.14. The number of unbranched alkanes of at least 4 members (excludes halogenated alkanes) is 1. The summed E-state index contributed by atoms with van der Waals surface area (Å²) in [6, 6.07) is 4.27. The molecule has 0 radical (unpaired) electrons. The van der Waals surface area contributed by atoms with E-state index in [0.717, 1.165) is 50.5 Å². The third-order valence-corrected chi connectivity index (χ3v) is 4.33. The van der Waals surface area contributed by atoms with Gasteiger partial charge in [-0.25, -0.2) is 13.2 Å². The molecule has 0 heterocycles. The number of halogens is 3. The molecule has 1 saturated carbocycles. The van der Waals surface area contributed by atoms with Crippen LogP contribution >= 0.6 is 0 Å². The van der Waals surface area contributed by atoms with E-state index in [2.05, 4.69) is 0 Å². The number of rotatable bonds is 5. The normalized spacial score (nSPS) is 23.4. The summed E-state index contributed by atoms with van der Waals surface area (Å²) in [5, 5.41) is 0. The fourth-order valence-electron chi connectivity index (χ4n) is 3.14. The molecule has 1 aliphatic carbocycles. The molecule has 2 rings (SSSR count). The van der Waals surface area contributed by atoms with Gasteiger partial charge in [-0.3, -0.25) is 0 Å². The summed E-state index contributed by atoms with van der Waals surface area (Å²) < 4.78 is 38.0. The summed E-state index contributed by atoms with van der Waals surface area (Å²) in [7, 11) is 0. The first-order chi connectivity index (χ1) is 9.70. The molecule has 3 heteroatoms. The maximum Gasteiger partial charge on any atom is 0.159 e. The molecule has 0 aliphatic heterocycles. The minimum Gasteiger partial charge on any atom is -0.216 e. The highest BCUT2D eigenvalue weighted by molar-refractivity contribution is 5.22. The van der Waals surface area contributed by atoms with E-state index in [1.54, 1.807) is 12.1 Å². The third-order valence-electron chi connectivity index (χ3n) is 4.33. The molecule has 0 N–H and O–H groups in total. The van der Waals surface area contributed by atoms with E-state index < -0.39 is 11.6 Å². The molecule has 110 valence electrons. The Labute approximate surface area is 118 Å². The molecule has 0 spiro atoms. The van der Waals surface area contributed by atoms with Crippen LogP contribution in [0.1, 0.15) is 56.4 Å². The van der Waals surface area contributed by atoms with E-state index in [1.165, 1.54) is 12.1 Å². The van der Waals surface area contributed by atoms with Crippen molar-refractivity contribution in [2.75, 3.05) is 0 Å². The van der Waals surface area contributed by atoms with E-state index >= 15 is 0 Å². The Bertz CT molecular complexity index is 446. The second-order valence-electron chi connectivity index (χ2n) is 5.68. The topological polar surface area (TPSA) is 0 Å². The highest BCUT2D eigenvalue weighted by Crippen LogP contribution is 2.37. The van der Waals surface area contributed by atoms with Crippen molar-refractivity contribution in [1.82, 2.24) is 0 Å². The Morgan fingerprint density at radius 1 is 1.05 bits per heavy atom. The molecule has 0 amide bonds. The molecule has 0 bridgehead atoms. The number of hydrogen-bond donors (Lipinski definition) is 0. The van der Waals surface area contributed by atoms with Crippen molar-refractivity contribution in [3.05, 3.63) is 47.8 Å². The monoisotopic (exact) mass is 282 g/mol. The standard InChI is InChI=1S/C17H21F3/c18-11-3-1-2-4-13-5-7-14(8-6-13)15-9-10-16(19)17(20)12-15/h3,9-14H,1-2,4-8H2. The molecule has 0 aromatic heterocycles. The van der Waals surface area contributed by atoms with Gasteiger partial charge >= 0.3 is 0 Å². The van der Waals surface area contributed by atoms with Crippen molar-refractivity contribution in [3.63, 3.8) is 0 Å². The summed E-state index contributed by atoms with van der Waals surface area (Å²) >= 11 is 0. The van der Waals surface area contributed by atoms with Crippen LogP contribution in [0.15, 0.2) is 30.6 Å². The molecule has 0 saturated heterocycles. The molecule has 1 aliphatic rings. The molecule has 0 unspecified atom stereocenters. The SMILES string of the molecule is FC=CCCCC1CCC(c2ccc(F)c(F)c2)CC1. The van der Waals surface area contributed by atoms with E-state index in [1.807, 2.05) is 0 Å². The third kappa shape index (κ3) is 4.12. The van der Waals surface area contributed by atoms with Crippen LogP contribution < -0.4 is 0 Å². The van der Waals surface area contributed by atoms with Crippen molar-refractivity contribution < 1.29 is 13.2 Å². The Hall–Kier alpha value is -1.25. The minimum atomic E-state index is -0.775. The van der Waals surface area contributed by atoms with E-state index in [9.17, 15) is 13.2 Å². The highest BCUT2D eigenvalue weighted by atomic mass is 19.2. The van der Waals surface area contributed by atoms with E-state index in [4.69, 9.17) is 0 Å². The van der Waals surface area contributed by atoms with Gasteiger partial charge in [0, 0.05) is 0 Å². The van der Waals surface area contributed by atoms with Crippen molar-refractivity contribution in [2.24, 2.45) is 5.92 Å². The molecule has 0 nitrogen and oxygen atoms in total. The zero-order valence-electron chi connectivity index (χ0n) is 11.6. The molecular weight excluding hydrogens is 261 g/mol. The molecule has 1 aromatic rings. The van der Waals surface area contributed by atoms with Gasteiger partial charge in [-0.15, -0.1) is 0 Å². The van der Waals surface area contributed by atoms with Crippen LogP contribution in [0, 0.1) is 17.6 Å². The van der Waals surface area contributed by atoms with Crippen LogP contribution in [0.4, 0.5) is 13.2 Å². The maximum atomic E-state index is 13.2. The first-order valence-electron chi connectivity index (χ1n) is 7.41. The predicted octanol–water partition coefficient (Wildman–Crippen LogP) is 5.89. The van der Waals surface area contributed by atoms with Crippen LogP contribution in [-0.2, 0) is 0 Å². The lowest BCUT2D eigenvalue weighted by molar-refractivity contribution is 0.305. The zero-order valence-corrected chi connectivity index (χ0v) is 11.6. The lowest BCUT2D eigenvalue weighted by Gasteiger charge is -2.28. The molecule has 0 atom stereocenters. The predicted molar refractivity (Wildman–Crippen MR) is 75.2 cm³/mol. The minimum absolute atomic E-state index is 0.354. The van der Waals surface area contributed by atoms with Gasteiger partial charge in [0.25, 0.3) is 0 Å². The van der Waals surface area contributed by atoms with Crippen LogP contribution in [0.2, 0.25) is 0 Å². The van der Waals surface area contributed by atoms with Crippen molar-refractivity contribution >= 4 is 0 Å². The van der Waals surface area contributed by atoms with Crippen molar-refractivity contribution in [3.8, 4) is 0 Å². The van der Waals surface area contributed by atoms with Crippen LogP contribution in [0.3, 0.4) is 0 Å². The lowest BCUT2D eigenvalue weighted by Crippen LogP contribution is -2.13. The van der Waals surface area contributed by atoms with Gasteiger partial charge in [-0.1, -0.05) is 18.6 Å². The second-order valence-corrected chi connectivity index (χ2v) is 5.68. The fraction of sp³-hybridized carbons (Fsp3) is 0.529. The number of allylic oxidation sites excluding steroid dienone is 1. The van der Waals surface area contributed by atoms with Crippen molar-refractivity contribution in [1.29, 1.82) is 0 Å². The first-order valence-corrected chi connectivity index (χ1v) is 7.41. The van der Waals surface area contributed by atoms with Crippen LogP contribution in [0.5, 0.6) is 0 Å². The Morgan fingerprint density at radius 3 is 2.45 bits per heavy atom. The quantitative estimate of drug-likeness (QED) is 0.590. The van der Waals surface area contributed by atoms with Gasteiger partial charge in [0.15, 0.2) is 11.6 Å². The van der Waals surface area contributed by atoms with Crippen LogP contribution in [0.25, 0.3) is 0 Å². The van der Waals surface area contributed by atoms with E-state index in [-0.39, 0.29) is 0 Å². The molecule has 1 fully saturated rings. The van der Waals surface area contributed by atoms with Gasteiger partial charge in [-0.2, -0.15) is 0 Å². The Balaban J connectivity index is 1.80. The Morgan fingerprint density at radius 2 is 1.80 bits per heavy atom. The van der Waals surface area contributed by atoms with Gasteiger partial charge in [-0.05, 0) is 68.1 Å². The number of benzene rings is 1. The molecule has 1 aromatic carbocycles. The van der Waals surface area contributed by atoms with Crippen LogP contribution in [-0.4, -0.2) is 0 Å². The van der Waals surface area contributed by atoms with E-state index in [0.29, 0.717) is 18.2 Å². The molecule has 20 heavy (non-hydrogen) atoms. The maximum absolute atomic E-state index is 13.2. The summed E-state index contributed by atoms with van der Waals surface area (Å²) in [5.74, 6) is -0.470. The van der Waals surface area contributed by atoms with Gasteiger partial charge in [0.1, 0.15) is 0 Å². The summed E-state index contributed by atoms with van der Waals surface area (Å²) in [4.78, 5) is 0. The van der Waals surface area contributed by atoms with Gasteiger partial charge < -0.3 is 0 Å². The first kappa shape index (κ1) is 15.1. The van der Waals surface area contributed by atoms with Crippen molar-refractivity contribution in [2.45, 2.75) is 50.9 Å². The largest absolute Gasteiger partial charge is 0.216 e. The smallest absolute Gasteiger partial charge is 0.159 e. The van der Waals surface area contributed by atoms with Gasteiger partial charge in [0.05, 0.1) is 6.33 Å². The number of hydrogen-bond acceptors (Lipinski definition) is 0. The lowest BCUT2D eigenvalue weighted by atomic mass is 9.77. The second kappa shape index (κ2) is 7.51.